The fraction of sp³-hybridized carbons (Fsp3) is 0.316. The third-order valence-corrected chi connectivity index (χ3v) is 4.31. The van der Waals surface area contributed by atoms with Gasteiger partial charge in [0.1, 0.15) is 0 Å². The average molecular weight is 326 g/mol. The molecule has 0 unspecified atom stereocenters. The minimum absolute atomic E-state index is 0.0705. The zero-order valence-corrected chi connectivity index (χ0v) is 13.9. The van der Waals surface area contributed by atoms with Gasteiger partial charge in [-0.25, -0.2) is 0 Å². The van der Waals surface area contributed by atoms with Gasteiger partial charge in [0, 0.05) is 0 Å². The van der Waals surface area contributed by atoms with Crippen LogP contribution in [0.5, 0.6) is 11.5 Å². The van der Waals surface area contributed by atoms with Crippen LogP contribution in [0.4, 0.5) is 0 Å². The molecule has 2 aromatic rings. The molecular formula is C19H22N2O3. The number of benzene rings is 2. The fourth-order valence-electron chi connectivity index (χ4n) is 3.05. The number of carbonyl (C=O) groups excluding carboxylic acids is 1. The summed E-state index contributed by atoms with van der Waals surface area (Å²) < 4.78 is 10.9. The van der Waals surface area contributed by atoms with E-state index in [-0.39, 0.29) is 24.6 Å². The largest absolute Gasteiger partial charge is 0.493 e. The summed E-state index contributed by atoms with van der Waals surface area (Å²) >= 11 is 0. The molecule has 0 spiro atoms. The number of fused-ring (bicyclic) bond motifs is 1. The van der Waals surface area contributed by atoms with Crippen LogP contribution in [0.15, 0.2) is 42.5 Å². The molecule has 0 aromatic heterocycles. The van der Waals surface area contributed by atoms with Gasteiger partial charge >= 0.3 is 0 Å². The molecule has 3 N–H and O–H groups in total. The van der Waals surface area contributed by atoms with E-state index in [4.69, 9.17) is 15.2 Å². The monoisotopic (exact) mass is 326 g/mol. The minimum atomic E-state index is -0.189. The number of ether oxygens (including phenoxy) is 2. The van der Waals surface area contributed by atoms with Gasteiger partial charge in [0.2, 0.25) is 0 Å². The Labute approximate surface area is 141 Å². The Bertz CT molecular complexity index is 745. The van der Waals surface area contributed by atoms with Crippen LogP contribution in [0.1, 0.15) is 22.7 Å². The Balaban J connectivity index is 1.58. The van der Waals surface area contributed by atoms with Crippen LogP contribution in [0.2, 0.25) is 0 Å². The van der Waals surface area contributed by atoms with E-state index in [1.54, 1.807) is 13.2 Å². The van der Waals surface area contributed by atoms with Crippen molar-refractivity contribution in [2.24, 2.45) is 5.73 Å². The molecule has 0 aliphatic heterocycles. The molecule has 3 rings (SSSR count). The molecule has 24 heavy (non-hydrogen) atoms. The normalized spacial score (nSPS) is 18.8. The Morgan fingerprint density at radius 3 is 2.79 bits per heavy atom. The van der Waals surface area contributed by atoms with Gasteiger partial charge in [-0.15, -0.1) is 0 Å². The van der Waals surface area contributed by atoms with Crippen molar-refractivity contribution in [3.8, 4) is 11.5 Å². The first-order valence-corrected chi connectivity index (χ1v) is 7.98. The van der Waals surface area contributed by atoms with E-state index in [1.807, 2.05) is 37.3 Å². The van der Waals surface area contributed by atoms with Crippen LogP contribution in [-0.4, -0.2) is 25.7 Å². The molecule has 0 saturated carbocycles. The SMILES string of the molecule is COc1cc(C)ccc1OCC(=O)N[C@@H]1Cc2ccccc2[C@H]1N. The number of nitrogens with two attached hydrogens (primary N) is 1. The van der Waals surface area contributed by atoms with Crippen molar-refractivity contribution < 1.29 is 14.3 Å². The van der Waals surface area contributed by atoms with Gasteiger partial charge in [-0.1, -0.05) is 30.3 Å². The van der Waals surface area contributed by atoms with Gasteiger partial charge in [0.15, 0.2) is 18.1 Å². The van der Waals surface area contributed by atoms with Crippen LogP contribution in [-0.2, 0) is 11.2 Å². The van der Waals surface area contributed by atoms with E-state index in [0.29, 0.717) is 11.5 Å². The highest BCUT2D eigenvalue weighted by molar-refractivity contribution is 5.78. The van der Waals surface area contributed by atoms with Crippen LogP contribution in [0, 0.1) is 6.92 Å². The molecule has 1 aliphatic carbocycles. The summed E-state index contributed by atoms with van der Waals surface area (Å²) in [6.45, 7) is 1.90. The van der Waals surface area contributed by atoms with E-state index in [1.165, 1.54) is 5.56 Å². The Hall–Kier alpha value is -2.53. The third kappa shape index (κ3) is 3.36. The Morgan fingerprint density at radius 1 is 1.25 bits per heavy atom. The molecule has 0 heterocycles. The van der Waals surface area contributed by atoms with Crippen molar-refractivity contribution in [2.45, 2.75) is 25.4 Å². The summed E-state index contributed by atoms with van der Waals surface area (Å²) in [5.74, 6) is 0.982. The lowest BCUT2D eigenvalue weighted by Gasteiger charge is -2.18. The molecule has 1 amide bonds. The summed E-state index contributed by atoms with van der Waals surface area (Å²) in [5.41, 5.74) is 9.59. The summed E-state index contributed by atoms with van der Waals surface area (Å²) in [4.78, 5) is 12.2. The summed E-state index contributed by atoms with van der Waals surface area (Å²) in [7, 11) is 1.58. The molecule has 1 aliphatic rings. The van der Waals surface area contributed by atoms with Crippen molar-refractivity contribution in [3.05, 3.63) is 59.2 Å². The maximum absolute atomic E-state index is 12.2. The second-order valence-corrected chi connectivity index (χ2v) is 6.05. The number of hydrogen-bond acceptors (Lipinski definition) is 4. The first-order valence-electron chi connectivity index (χ1n) is 7.98. The number of rotatable bonds is 5. The van der Waals surface area contributed by atoms with Crippen molar-refractivity contribution in [1.29, 1.82) is 0 Å². The minimum Gasteiger partial charge on any atom is -0.493 e. The van der Waals surface area contributed by atoms with E-state index in [9.17, 15) is 4.79 Å². The van der Waals surface area contributed by atoms with Gasteiger partial charge in [0.05, 0.1) is 19.2 Å². The van der Waals surface area contributed by atoms with Crippen molar-refractivity contribution in [2.75, 3.05) is 13.7 Å². The highest BCUT2D eigenvalue weighted by Gasteiger charge is 2.30. The second-order valence-electron chi connectivity index (χ2n) is 6.05. The summed E-state index contributed by atoms with van der Waals surface area (Å²) in [6.07, 6.45) is 0.747. The molecule has 5 heteroatoms. The van der Waals surface area contributed by atoms with Crippen LogP contribution in [0.3, 0.4) is 0 Å². The van der Waals surface area contributed by atoms with Crippen molar-refractivity contribution in [3.63, 3.8) is 0 Å². The fourth-order valence-corrected chi connectivity index (χ4v) is 3.05. The molecule has 0 saturated heterocycles. The molecule has 126 valence electrons. The zero-order chi connectivity index (χ0) is 17.1. The lowest BCUT2D eigenvalue weighted by Crippen LogP contribution is -2.42. The Kier molecular flexibility index (Phi) is 4.71. The van der Waals surface area contributed by atoms with Gasteiger partial charge in [0.25, 0.3) is 5.91 Å². The standard InChI is InChI=1S/C19H22N2O3/c1-12-7-8-16(17(9-12)23-2)24-11-18(22)21-15-10-13-5-3-4-6-14(13)19(15)20/h3-9,15,19H,10-11,20H2,1-2H3,(H,21,22)/t15-,19-/m1/s1. The summed E-state index contributed by atoms with van der Waals surface area (Å²) in [5, 5.41) is 2.96. The number of hydrogen-bond donors (Lipinski definition) is 2. The lowest BCUT2D eigenvalue weighted by atomic mass is 10.1. The van der Waals surface area contributed by atoms with Crippen molar-refractivity contribution >= 4 is 5.91 Å². The topological polar surface area (TPSA) is 73.6 Å². The van der Waals surface area contributed by atoms with E-state index < -0.39 is 0 Å². The van der Waals surface area contributed by atoms with Crippen LogP contribution < -0.4 is 20.5 Å². The smallest absolute Gasteiger partial charge is 0.258 e. The van der Waals surface area contributed by atoms with Gasteiger partial charge < -0.3 is 20.5 Å². The van der Waals surface area contributed by atoms with Gasteiger partial charge in [-0.2, -0.15) is 0 Å². The number of amides is 1. The van der Waals surface area contributed by atoms with Crippen molar-refractivity contribution in [1.82, 2.24) is 5.32 Å². The number of nitrogens with one attached hydrogen (secondary N) is 1. The quantitative estimate of drug-likeness (QED) is 0.883. The van der Waals surface area contributed by atoms with E-state index >= 15 is 0 Å². The highest BCUT2D eigenvalue weighted by atomic mass is 16.5. The molecular weight excluding hydrogens is 304 g/mol. The molecule has 2 aromatic carbocycles. The van der Waals surface area contributed by atoms with Gasteiger partial charge in [-0.3, -0.25) is 4.79 Å². The molecule has 0 radical (unpaired) electrons. The number of methoxy groups -OCH3 is 1. The Morgan fingerprint density at radius 2 is 2.04 bits per heavy atom. The number of carbonyl (C=O) groups is 1. The zero-order valence-electron chi connectivity index (χ0n) is 13.9. The third-order valence-electron chi connectivity index (χ3n) is 4.31. The predicted molar refractivity (Wildman–Crippen MR) is 92.2 cm³/mol. The molecule has 0 bridgehead atoms. The lowest BCUT2D eigenvalue weighted by molar-refractivity contribution is -0.123. The molecule has 2 atom stereocenters. The number of aryl methyl sites for hydroxylation is 1. The van der Waals surface area contributed by atoms with Crippen LogP contribution in [0.25, 0.3) is 0 Å². The summed E-state index contributed by atoms with van der Waals surface area (Å²) in [6, 6.07) is 13.3. The highest BCUT2D eigenvalue weighted by Crippen LogP contribution is 2.30. The van der Waals surface area contributed by atoms with E-state index in [2.05, 4.69) is 11.4 Å². The predicted octanol–water partition coefficient (Wildman–Crippen LogP) is 2.12. The van der Waals surface area contributed by atoms with Crippen LogP contribution >= 0.6 is 0 Å². The van der Waals surface area contributed by atoms with Gasteiger partial charge in [-0.05, 0) is 42.2 Å². The first kappa shape index (κ1) is 16.3. The molecule has 0 fully saturated rings. The maximum atomic E-state index is 12.2. The maximum Gasteiger partial charge on any atom is 0.258 e. The van der Waals surface area contributed by atoms with E-state index in [0.717, 1.165) is 17.5 Å². The second kappa shape index (κ2) is 6.93. The average Bonchev–Trinajstić information content (AvgIpc) is 2.90. The first-order chi connectivity index (χ1) is 11.6. The molecule has 5 nitrogen and oxygen atoms in total.